The minimum Gasteiger partial charge on any atom is -0.384 e. The molecule has 3 nitrogen and oxygen atoms in total. The minimum atomic E-state index is 0.139. The van der Waals surface area contributed by atoms with Gasteiger partial charge < -0.3 is 11.1 Å². The molecule has 16 heavy (non-hydrogen) atoms. The average Bonchev–Trinajstić information content (AvgIpc) is 2.30. The van der Waals surface area contributed by atoms with Crippen molar-refractivity contribution in [2.24, 2.45) is 11.7 Å². The first-order valence-corrected chi connectivity index (χ1v) is 5.76. The molecule has 1 heterocycles. The summed E-state index contributed by atoms with van der Waals surface area (Å²) in [6.07, 6.45) is 4.70. The molecule has 85 valence electrons. The fourth-order valence-electron chi connectivity index (χ4n) is 2.09. The monoisotopic (exact) mass is 216 g/mol. The van der Waals surface area contributed by atoms with Crippen molar-refractivity contribution >= 4 is 5.84 Å². The largest absolute Gasteiger partial charge is 0.384 e. The highest BCUT2D eigenvalue weighted by Crippen LogP contribution is 2.20. The van der Waals surface area contributed by atoms with Gasteiger partial charge in [0.15, 0.2) is 0 Å². The van der Waals surface area contributed by atoms with Gasteiger partial charge in [0.05, 0.1) is 0 Å². The van der Waals surface area contributed by atoms with E-state index in [9.17, 15) is 0 Å². The maximum Gasteiger partial charge on any atom is 0.122 e. The molecule has 1 aliphatic heterocycles. The van der Waals surface area contributed by atoms with Crippen LogP contribution in [0, 0.1) is 17.7 Å². The van der Waals surface area contributed by atoms with Crippen LogP contribution in [0.4, 0.5) is 0 Å². The zero-order valence-corrected chi connectivity index (χ0v) is 9.37. The van der Waals surface area contributed by atoms with Crippen LogP contribution >= 0.6 is 0 Å². The summed E-state index contributed by atoms with van der Waals surface area (Å²) in [5, 5.41) is 10.8. The SMILES string of the molecule is N=C(N)c1cccc([CH]C2CCNCC2)c1. The first-order chi connectivity index (χ1) is 7.75. The molecular formula is C13H18N3. The van der Waals surface area contributed by atoms with E-state index in [0.29, 0.717) is 5.92 Å². The predicted molar refractivity (Wildman–Crippen MR) is 66.5 cm³/mol. The summed E-state index contributed by atoms with van der Waals surface area (Å²) in [5.74, 6) is 0.795. The maximum absolute atomic E-state index is 7.41. The van der Waals surface area contributed by atoms with Crippen LogP contribution in [-0.2, 0) is 0 Å². The van der Waals surface area contributed by atoms with Gasteiger partial charge in [0.1, 0.15) is 5.84 Å². The summed E-state index contributed by atoms with van der Waals surface area (Å²) < 4.78 is 0. The lowest BCUT2D eigenvalue weighted by Gasteiger charge is -2.22. The second kappa shape index (κ2) is 5.12. The zero-order valence-electron chi connectivity index (χ0n) is 9.37. The van der Waals surface area contributed by atoms with E-state index in [4.69, 9.17) is 11.1 Å². The molecule has 0 spiro atoms. The number of piperidine rings is 1. The van der Waals surface area contributed by atoms with Gasteiger partial charge >= 0.3 is 0 Å². The van der Waals surface area contributed by atoms with Gasteiger partial charge in [0.25, 0.3) is 0 Å². The highest BCUT2D eigenvalue weighted by molar-refractivity contribution is 5.95. The van der Waals surface area contributed by atoms with Crippen LogP contribution in [0.3, 0.4) is 0 Å². The summed E-state index contributed by atoms with van der Waals surface area (Å²) in [6.45, 7) is 2.21. The molecule has 3 heteroatoms. The van der Waals surface area contributed by atoms with Gasteiger partial charge in [-0.3, -0.25) is 5.41 Å². The van der Waals surface area contributed by atoms with E-state index in [2.05, 4.69) is 17.8 Å². The van der Waals surface area contributed by atoms with Gasteiger partial charge in [-0.25, -0.2) is 0 Å². The summed E-state index contributed by atoms with van der Waals surface area (Å²) in [5.41, 5.74) is 7.46. The Balaban J connectivity index is 2.02. The summed E-state index contributed by atoms with van der Waals surface area (Å²) >= 11 is 0. The predicted octanol–water partition coefficient (Wildman–Crippen LogP) is 1.52. The van der Waals surface area contributed by atoms with Gasteiger partial charge in [-0.2, -0.15) is 0 Å². The minimum absolute atomic E-state index is 0.139. The maximum atomic E-state index is 7.41. The Kier molecular flexibility index (Phi) is 3.57. The van der Waals surface area contributed by atoms with Crippen molar-refractivity contribution < 1.29 is 0 Å². The topological polar surface area (TPSA) is 61.9 Å². The quantitative estimate of drug-likeness (QED) is 0.530. The molecule has 1 aromatic carbocycles. The number of nitrogen functional groups attached to an aromatic ring is 1. The highest BCUT2D eigenvalue weighted by Gasteiger charge is 2.13. The molecule has 0 unspecified atom stereocenters. The number of hydrogen-bond acceptors (Lipinski definition) is 2. The van der Waals surface area contributed by atoms with Crippen molar-refractivity contribution in [2.75, 3.05) is 13.1 Å². The highest BCUT2D eigenvalue weighted by atomic mass is 14.9. The summed E-state index contributed by atoms with van der Waals surface area (Å²) in [4.78, 5) is 0. The molecule has 1 fully saturated rings. The lowest BCUT2D eigenvalue weighted by Crippen LogP contribution is -2.28. The number of hydrogen-bond donors (Lipinski definition) is 3. The third-order valence-corrected chi connectivity index (χ3v) is 3.01. The van der Waals surface area contributed by atoms with Crippen LogP contribution in [0.25, 0.3) is 0 Å². The Morgan fingerprint density at radius 2 is 2.12 bits per heavy atom. The van der Waals surface area contributed by atoms with Gasteiger partial charge in [-0.15, -0.1) is 0 Å². The number of amidine groups is 1. The molecule has 1 saturated heterocycles. The Hall–Kier alpha value is -1.35. The molecule has 1 aromatic rings. The standard InChI is InChI=1S/C13H18N3/c14-13(15)12-3-1-2-11(9-12)8-10-4-6-16-7-5-10/h1-3,8-10,16H,4-7H2,(H3,14,15). The van der Waals surface area contributed by atoms with Crippen molar-refractivity contribution in [1.29, 1.82) is 5.41 Å². The van der Waals surface area contributed by atoms with Crippen LogP contribution in [0.15, 0.2) is 24.3 Å². The molecule has 1 radical (unpaired) electrons. The number of nitrogens with two attached hydrogens (primary N) is 1. The van der Waals surface area contributed by atoms with Crippen LogP contribution in [0.5, 0.6) is 0 Å². The van der Waals surface area contributed by atoms with E-state index in [1.807, 2.05) is 18.2 Å². The van der Waals surface area contributed by atoms with E-state index in [1.54, 1.807) is 0 Å². The molecule has 0 aliphatic carbocycles. The van der Waals surface area contributed by atoms with Gasteiger partial charge in [0.2, 0.25) is 0 Å². The molecule has 0 saturated carbocycles. The Bertz CT molecular complexity index is 367. The van der Waals surface area contributed by atoms with Crippen molar-refractivity contribution in [2.45, 2.75) is 12.8 Å². The first kappa shape index (κ1) is 11.1. The third kappa shape index (κ3) is 2.83. The van der Waals surface area contributed by atoms with Crippen molar-refractivity contribution in [3.8, 4) is 0 Å². The average molecular weight is 216 g/mol. The summed E-state index contributed by atoms with van der Waals surface area (Å²) in [7, 11) is 0. The third-order valence-electron chi connectivity index (χ3n) is 3.01. The second-order valence-electron chi connectivity index (χ2n) is 4.29. The molecular weight excluding hydrogens is 198 g/mol. The lowest BCUT2D eigenvalue weighted by molar-refractivity contribution is 0.420. The molecule has 1 aliphatic rings. The van der Waals surface area contributed by atoms with Crippen LogP contribution in [0.1, 0.15) is 24.0 Å². The molecule has 4 N–H and O–H groups in total. The van der Waals surface area contributed by atoms with Crippen LogP contribution < -0.4 is 11.1 Å². The van der Waals surface area contributed by atoms with E-state index in [1.165, 1.54) is 18.4 Å². The Morgan fingerprint density at radius 3 is 2.81 bits per heavy atom. The van der Waals surface area contributed by atoms with E-state index < -0.39 is 0 Å². The number of benzene rings is 1. The van der Waals surface area contributed by atoms with Gasteiger partial charge in [0, 0.05) is 5.56 Å². The van der Waals surface area contributed by atoms with Gasteiger partial charge in [-0.1, -0.05) is 18.2 Å². The molecule has 2 rings (SSSR count). The van der Waals surface area contributed by atoms with Crippen LogP contribution in [0.2, 0.25) is 0 Å². The lowest BCUT2D eigenvalue weighted by atomic mass is 9.90. The number of nitrogens with one attached hydrogen (secondary N) is 2. The fraction of sp³-hybridized carbons (Fsp3) is 0.385. The normalized spacial score (nSPS) is 17.2. The van der Waals surface area contributed by atoms with Crippen LogP contribution in [-0.4, -0.2) is 18.9 Å². The van der Waals surface area contributed by atoms with E-state index in [0.717, 1.165) is 18.7 Å². The molecule has 0 aromatic heterocycles. The van der Waals surface area contributed by atoms with E-state index in [-0.39, 0.29) is 5.84 Å². The smallest absolute Gasteiger partial charge is 0.122 e. The van der Waals surface area contributed by atoms with Crippen molar-refractivity contribution in [3.05, 3.63) is 41.8 Å². The second-order valence-corrected chi connectivity index (χ2v) is 4.29. The first-order valence-electron chi connectivity index (χ1n) is 5.76. The Morgan fingerprint density at radius 1 is 1.38 bits per heavy atom. The van der Waals surface area contributed by atoms with Crippen molar-refractivity contribution in [3.63, 3.8) is 0 Å². The summed E-state index contributed by atoms with van der Waals surface area (Å²) in [6, 6.07) is 7.91. The molecule has 0 bridgehead atoms. The van der Waals surface area contributed by atoms with E-state index >= 15 is 0 Å². The Labute approximate surface area is 96.6 Å². The molecule has 0 atom stereocenters. The zero-order chi connectivity index (χ0) is 11.4. The molecule has 0 amide bonds. The van der Waals surface area contributed by atoms with Gasteiger partial charge in [-0.05, 0) is 49.9 Å². The van der Waals surface area contributed by atoms with Crippen molar-refractivity contribution in [1.82, 2.24) is 5.32 Å². The number of rotatable bonds is 3. The fourth-order valence-corrected chi connectivity index (χ4v) is 2.09.